The zero-order chi connectivity index (χ0) is 15.3. The fourth-order valence-electron chi connectivity index (χ4n) is 2.10. The molecular formula is C14H26N4OS. The summed E-state index contributed by atoms with van der Waals surface area (Å²) in [5, 5.41) is 12.4. The second-order valence-corrected chi connectivity index (χ2v) is 7.19. The van der Waals surface area contributed by atoms with Crippen molar-refractivity contribution >= 4 is 17.2 Å². The lowest BCUT2D eigenvalue weighted by Crippen LogP contribution is -2.50. The Kier molecular flexibility index (Phi) is 6.07. The third-order valence-electron chi connectivity index (χ3n) is 2.85. The number of hydrogen-bond acceptors (Lipinski definition) is 5. The van der Waals surface area contributed by atoms with Gasteiger partial charge in [0.1, 0.15) is 5.01 Å². The molecule has 1 rings (SSSR count). The second-order valence-electron chi connectivity index (χ2n) is 6.18. The molecule has 1 heterocycles. The third kappa shape index (κ3) is 5.17. The number of likely N-dealkylation sites (N-methyl/N-ethyl adjacent to an activating group) is 1. The molecule has 6 heteroatoms. The Morgan fingerprint density at radius 1 is 1.40 bits per heavy atom. The lowest BCUT2D eigenvalue weighted by molar-refractivity contribution is 0.0893. The third-order valence-corrected chi connectivity index (χ3v) is 4.07. The van der Waals surface area contributed by atoms with Crippen LogP contribution in [0.5, 0.6) is 0 Å². The van der Waals surface area contributed by atoms with Crippen LogP contribution in [0.1, 0.15) is 61.8 Å². The van der Waals surface area contributed by atoms with Crippen LogP contribution < -0.4 is 5.32 Å². The first-order valence-corrected chi connectivity index (χ1v) is 7.91. The first-order valence-electron chi connectivity index (χ1n) is 7.09. The maximum absolute atomic E-state index is 12.2. The van der Waals surface area contributed by atoms with Gasteiger partial charge in [-0.2, -0.15) is 0 Å². The summed E-state index contributed by atoms with van der Waals surface area (Å²) in [6.45, 7) is 12.1. The number of amides is 1. The van der Waals surface area contributed by atoms with Gasteiger partial charge >= 0.3 is 0 Å². The minimum Gasteiger partial charge on any atom is -0.344 e. The van der Waals surface area contributed by atoms with E-state index in [0.29, 0.717) is 10.9 Å². The molecule has 0 aliphatic heterocycles. The smallest absolute Gasteiger partial charge is 0.282 e. The molecular weight excluding hydrogens is 272 g/mol. The van der Waals surface area contributed by atoms with E-state index in [4.69, 9.17) is 0 Å². The van der Waals surface area contributed by atoms with E-state index in [1.54, 1.807) is 0 Å². The van der Waals surface area contributed by atoms with Crippen molar-refractivity contribution < 1.29 is 4.79 Å². The van der Waals surface area contributed by atoms with Crippen molar-refractivity contribution in [2.75, 3.05) is 20.1 Å². The standard InChI is InChI=1S/C14H26N4OS/c1-7-8-18(6)9-14(4,5)15-11(19)13-17-16-12(20-13)10(2)3/h10H,7-9H2,1-6H3,(H,15,19). The van der Waals surface area contributed by atoms with Crippen LogP contribution in [0.25, 0.3) is 0 Å². The van der Waals surface area contributed by atoms with Gasteiger partial charge < -0.3 is 10.2 Å². The van der Waals surface area contributed by atoms with E-state index in [-0.39, 0.29) is 11.4 Å². The first-order chi connectivity index (χ1) is 9.25. The van der Waals surface area contributed by atoms with Gasteiger partial charge in [0.05, 0.1) is 0 Å². The Labute approximate surface area is 125 Å². The van der Waals surface area contributed by atoms with Crippen molar-refractivity contribution in [1.82, 2.24) is 20.4 Å². The Morgan fingerprint density at radius 3 is 2.55 bits per heavy atom. The zero-order valence-corrected chi connectivity index (χ0v) is 14.2. The molecule has 114 valence electrons. The van der Waals surface area contributed by atoms with E-state index in [2.05, 4.69) is 34.4 Å². The fraction of sp³-hybridized carbons (Fsp3) is 0.786. The van der Waals surface area contributed by atoms with Crippen LogP contribution in [0, 0.1) is 0 Å². The highest BCUT2D eigenvalue weighted by Crippen LogP contribution is 2.19. The number of aromatic nitrogens is 2. The molecule has 0 aromatic carbocycles. The van der Waals surface area contributed by atoms with E-state index in [0.717, 1.165) is 24.5 Å². The molecule has 20 heavy (non-hydrogen) atoms. The van der Waals surface area contributed by atoms with Crippen molar-refractivity contribution in [2.24, 2.45) is 0 Å². The second kappa shape index (κ2) is 7.13. The van der Waals surface area contributed by atoms with Gasteiger partial charge in [-0.3, -0.25) is 4.79 Å². The Bertz CT molecular complexity index is 442. The Morgan fingerprint density at radius 2 is 2.05 bits per heavy atom. The summed E-state index contributed by atoms with van der Waals surface area (Å²) >= 11 is 1.37. The van der Waals surface area contributed by atoms with Crippen LogP contribution in [0.4, 0.5) is 0 Å². The van der Waals surface area contributed by atoms with Gasteiger partial charge in [0.25, 0.3) is 5.91 Å². The summed E-state index contributed by atoms with van der Waals surface area (Å²) in [7, 11) is 2.07. The quantitative estimate of drug-likeness (QED) is 0.840. The van der Waals surface area contributed by atoms with Crippen LogP contribution >= 0.6 is 11.3 Å². The van der Waals surface area contributed by atoms with E-state index in [9.17, 15) is 4.79 Å². The molecule has 0 aliphatic rings. The van der Waals surface area contributed by atoms with Gasteiger partial charge in [-0.25, -0.2) is 0 Å². The number of nitrogens with one attached hydrogen (secondary N) is 1. The molecule has 0 radical (unpaired) electrons. The number of carbonyl (C=O) groups is 1. The lowest BCUT2D eigenvalue weighted by atomic mass is 10.1. The highest BCUT2D eigenvalue weighted by Gasteiger charge is 2.25. The van der Waals surface area contributed by atoms with Crippen molar-refractivity contribution in [3.63, 3.8) is 0 Å². The summed E-state index contributed by atoms with van der Waals surface area (Å²) in [4.78, 5) is 14.4. The molecule has 1 aromatic rings. The van der Waals surface area contributed by atoms with Crippen LogP contribution in [-0.4, -0.2) is 46.7 Å². The maximum atomic E-state index is 12.2. The molecule has 5 nitrogen and oxygen atoms in total. The van der Waals surface area contributed by atoms with Gasteiger partial charge in [0.15, 0.2) is 0 Å². The number of nitrogens with zero attached hydrogens (tertiary/aromatic N) is 3. The normalized spacial score (nSPS) is 12.2. The van der Waals surface area contributed by atoms with Gasteiger partial charge in [-0.1, -0.05) is 32.1 Å². The topological polar surface area (TPSA) is 58.1 Å². The first kappa shape index (κ1) is 17.0. The van der Waals surface area contributed by atoms with Crippen LogP contribution in [0.2, 0.25) is 0 Å². The highest BCUT2D eigenvalue weighted by molar-refractivity contribution is 7.13. The lowest BCUT2D eigenvalue weighted by Gasteiger charge is -2.30. The fourth-order valence-corrected chi connectivity index (χ4v) is 2.84. The molecule has 1 aromatic heterocycles. The van der Waals surface area contributed by atoms with E-state index in [1.165, 1.54) is 11.3 Å². The van der Waals surface area contributed by atoms with Crippen LogP contribution in [-0.2, 0) is 0 Å². The summed E-state index contributed by atoms with van der Waals surface area (Å²) in [5.41, 5.74) is -0.287. The summed E-state index contributed by atoms with van der Waals surface area (Å²) in [6.07, 6.45) is 1.11. The van der Waals surface area contributed by atoms with Crippen LogP contribution in [0.15, 0.2) is 0 Å². The van der Waals surface area contributed by atoms with Crippen molar-refractivity contribution in [3.05, 3.63) is 10.0 Å². The molecule has 0 atom stereocenters. The van der Waals surface area contributed by atoms with E-state index < -0.39 is 0 Å². The van der Waals surface area contributed by atoms with Crippen molar-refractivity contribution in [2.45, 2.75) is 52.5 Å². The predicted molar refractivity (Wildman–Crippen MR) is 83.3 cm³/mol. The minimum atomic E-state index is -0.287. The highest BCUT2D eigenvalue weighted by atomic mass is 32.1. The van der Waals surface area contributed by atoms with Gasteiger partial charge in [-0.15, -0.1) is 10.2 Å². The number of rotatable bonds is 7. The molecule has 1 N–H and O–H groups in total. The molecule has 0 fully saturated rings. The Balaban J connectivity index is 2.63. The van der Waals surface area contributed by atoms with E-state index >= 15 is 0 Å². The van der Waals surface area contributed by atoms with Crippen molar-refractivity contribution in [1.29, 1.82) is 0 Å². The largest absolute Gasteiger partial charge is 0.344 e. The summed E-state index contributed by atoms with van der Waals surface area (Å²) < 4.78 is 0. The number of carbonyl (C=O) groups excluding carboxylic acids is 1. The summed E-state index contributed by atoms with van der Waals surface area (Å²) in [5.74, 6) is 0.169. The van der Waals surface area contributed by atoms with Crippen LogP contribution in [0.3, 0.4) is 0 Å². The van der Waals surface area contributed by atoms with Gasteiger partial charge in [0, 0.05) is 18.0 Å². The summed E-state index contributed by atoms with van der Waals surface area (Å²) in [6, 6.07) is 0. The molecule has 1 amide bonds. The monoisotopic (exact) mass is 298 g/mol. The van der Waals surface area contributed by atoms with Gasteiger partial charge in [0.2, 0.25) is 5.01 Å². The molecule has 0 spiro atoms. The molecule has 0 saturated carbocycles. The maximum Gasteiger partial charge on any atom is 0.282 e. The average Bonchev–Trinajstić information content (AvgIpc) is 2.76. The molecule has 0 bridgehead atoms. The predicted octanol–water partition coefficient (Wildman–Crippen LogP) is 2.51. The SMILES string of the molecule is CCCN(C)CC(C)(C)NC(=O)c1nnc(C(C)C)s1. The Hall–Kier alpha value is -1.01. The molecule has 0 saturated heterocycles. The van der Waals surface area contributed by atoms with Gasteiger partial charge in [-0.05, 0) is 33.9 Å². The minimum absolute atomic E-state index is 0.135. The average molecular weight is 298 g/mol. The van der Waals surface area contributed by atoms with Crippen molar-refractivity contribution in [3.8, 4) is 0 Å². The molecule has 0 aliphatic carbocycles. The molecule has 0 unspecified atom stereocenters. The zero-order valence-electron chi connectivity index (χ0n) is 13.4. The number of hydrogen-bond donors (Lipinski definition) is 1. The van der Waals surface area contributed by atoms with E-state index in [1.807, 2.05) is 27.7 Å².